The van der Waals surface area contributed by atoms with Gasteiger partial charge in [-0.15, -0.1) is 0 Å². The number of hydrogen-bond acceptors (Lipinski definition) is 1. The second-order valence-electron chi connectivity index (χ2n) is 10.9. The topological polar surface area (TPSA) is 20.2 Å². The van der Waals surface area contributed by atoms with E-state index in [9.17, 15) is 5.11 Å². The molecule has 4 aliphatic rings. The minimum atomic E-state index is -0.377. The van der Waals surface area contributed by atoms with Crippen molar-refractivity contribution >= 4 is 15.9 Å². The van der Waals surface area contributed by atoms with Crippen LogP contribution in [0.25, 0.3) is 0 Å². The minimum absolute atomic E-state index is 0.377. The predicted molar refractivity (Wildman–Crippen MR) is 109 cm³/mol. The van der Waals surface area contributed by atoms with Gasteiger partial charge in [0, 0.05) is 5.33 Å². The van der Waals surface area contributed by atoms with E-state index in [4.69, 9.17) is 0 Å². The number of halogens is 1. The first kappa shape index (κ1) is 18.8. The van der Waals surface area contributed by atoms with E-state index < -0.39 is 0 Å². The maximum Gasteiger partial charge on any atom is 0.0622 e. The van der Waals surface area contributed by atoms with Crippen molar-refractivity contribution in [3.8, 4) is 0 Å². The summed E-state index contributed by atoms with van der Waals surface area (Å²) >= 11 is 3.79. The first-order valence-corrected chi connectivity index (χ1v) is 12.3. The van der Waals surface area contributed by atoms with Gasteiger partial charge in [-0.05, 0) is 112 Å². The zero-order valence-electron chi connectivity index (χ0n) is 16.6. The Balaban J connectivity index is 1.55. The van der Waals surface area contributed by atoms with Crippen LogP contribution in [0, 0.1) is 46.8 Å². The molecule has 0 amide bonds. The number of aliphatic hydroxyl groups is 1. The van der Waals surface area contributed by atoms with Crippen LogP contribution >= 0.6 is 15.9 Å². The zero-order valence-corrected chi connectivity index (χ0v) is 18.2. The lowest BCUT2D eigenvalue weighted by Gasteiger charge is -2.61. The van der Waals surface area contributed by atoms with Crippen molar-refractivity contribution in [2.45, 2.75) is 90.6 Å². The van der Waals surface area contributed by atoms with Gasteiger partial charge in [-0.2, -0.15) is 0 Å². The molecule has 4 aliphatic carbocycles. The van der Waals surface area contributed by atoms with Gasteiger partial charge in [-0.25, -0.2) is 0 Å². The lowest BCUT2D eigenvalue weighted by molar-refractivity contribution is -0.132. The van der Waals surface area contributed by atoms with Crippen LogP contribution in [0.4, 0.5) is 0 Å². The summed E-state index contributed by atoms with van der Waals surface area (Å²) in [6, 6.07) is 0. The lowest BCUT2D eigenvalue weighted by Crippen LogP contribution is -2.54. The molecule has 1 nitrogen and oxygen atoms in total. The van der Waals surface area contributed by atoms with Gasteiger partial charge >= 0.3 is 0 Å². The first-order chi connectivity index (χ1) is 11.9. The van der Waals surface area contributed by atoms with Crippen LogP contribution in [0.5, 0.6) is 0 Å². The van der Waals surface area contributed by atoms with Crippen LogP contribution in [0.15, 0.2) is 0 Å². The fourth-order valence-electron chi connectivity index (χ4n) is 8.36. The predicted octanol–water partition coefficient (Wildman–Crippen LogP) is 6.43. The Morgan fingerprint density at radius 1 is 0.960 bits per heavy atom. The summed E-state index contributed by atoms with van der Waals surface area (Å²) in [6.07, 6.45) is 13.6. The Kier molecular flexibility index (Phi) is 5.11. The molecule has 2 heteroatoms. The Morgan fingerprint density at radius 2 is 1.72 bits per heavy atom. The number of alkyl halides is 1. The van der Waals surface area contributed by atoms with Crippen LogP contribution in [0.2, 0.25) is 0 Å². The summed E-state index contributed by atoms with van der Waals surface area (Å²) in [5.74, 6) is 6.45. The summed E-state index contributed by atoms with van der Waals surface area (Å²) in [4.78, 5) is 0. The zero-order chi connectivity index (χ0) is 17.8. The molecule has 0 saturated heterocycles. The Morgan fingerprint density at radius 3 is 2.48 bits per heavy atom. The second kappa shape index (κ2) is 6.80. The largest absolute Gasteiger partial charge is 0.390 e. The molecule has 0 spiro atoms. The molecule has 25 heavy (non-hydrogen) atoms. The molecule has 0 aromatic carbocycles. The molecule has 0 bridgehead atoms. The molecule has 0 aliphatic heterocycles. The van der Waals surface area contributed by atoms with E-state index in [2.05, 4.69) is 36.7 Å². The molecule has 1 unspecified atom stereocenters. The molecule has 0 aromatic rings. The van der Waals surface area contributed by atoms with Gasteiger partial charge in [0.2, 0.25) is 0 Å². The highest BCUT2D eigenvalue weighted by Crippen LogP contribution is 2.64. The number of fused-ring (bicyclic) bond motifs is 5. The highest BCUT2D eigenvalue weighted by molar-refractivity contribution is 9.09. The van der Waals surface area contributed by atoms with E-state index in [1.165, 1.54) is 56.7 Å². The van der Waals surface area contributed by atoms with Crippen LogP contribution in [0.1, 0.15) is 85.0 Å². The molecule has 9 atom stereocenters. The van der Waals surface area contributed by atoms with Gasteiger partial charge in [0.15, 0.2) is 0 Å². The summed E-state index contributed by atoms with van der Waals surface area (Å²) in [7, 11) is 0. The lowest BCUT2D eigenvalue weighted by atomic mass is 9.44. The molecule has 4 saturated carbocycles. The molecule has 0 aromatic heterocycles. The summed E-state index contributed by atoms with van der Waals surface area (Å²) < 4.78 is 0. The maximum atomic E-state index is 10.6. The van der Waals surface area contributed by atoms with Crippen LogP contribution in [-0.2, 0) is 0 Å². The Hall–Kier alpha value is 0.440. The molecule has 4 fully saturated rings. The van der Waals surface area contributed by atoms with E-state index in [-0.39, 0.29) is 5.60 Å². The smallest absolute Gasteiger partial charge is 0.0622 e. The molecular weight excluding hydrogens is 372 g/mol. The molecule has 1 N–H and O–H groups in total. The van der Waals surface area contributed by atoms with E-state index in [1.54, 1.807) is 0 Å². The highest BCUT2D eigenvalue weighted by Gasteiger charge is 2.56. The highest BCUT2D eigenvalue weighted by atomic mass is 79.9. The molecule has 144 valence electrons. The van der Waals surface area contributed by atoms with Crippen molar-refractivity contribution in [1.29, 1.82) is 0 Å². The van der Waals surface area contributed by atoms with Gasteiger partial charge in [-0.3, -0.25) is 0 Å². The van der Waals surface area contributed by atoms with Crippen molar-refractivity contribution in [1.82, 2.24) is 0 Å². The van der Waals surface area contributed by atoms with Gasteiger partial charge in [0.1, 0.15) is 0 Å². The first-order valence-electron chi connectivity index (χ1n) is 11.1. The van der Waals surface area contributed by atoms with E-state index >= 15 is 0 Å². The monoisotopic (exact) mass is 410 g/mol. The van der Waals surface area contributed by atoms with Crippen molar-refractivity contribution in [3.05, 3.63) is 0 Å². The summed E-state index contributed by atoms with van der Waals surface area (Å²) in [5, 5.41) is 11.7. The molecule has 0 radical (unpaired) electrons. The fraction of sp³-hybridized carbons (Fsp3) is 1.00. The fourth-order valence-corrected chi connectivity index (χ4v) is 8.81. The molecule has 4 rings (SSSR count). The van der Waals surface area contributed by atoms with Crippen molar-refractivity contribution in [2.24, 2.45) is 46.8 Å². The molecular formula is C23H39BrO. The number of rotatable bonds is 2. The Labute approximate surface area is 163 Å². The van der Waals surface area contributed by atoms with Crippen molar-refractivity contribution in [3.63, 3.8) is 0 Å². The van der Waals surface area contributed by atoms with Gasteiger partial charge in [0.25, 0.3) is 0 Å². The van der Waals surface area contributed by atoms with Crippen LogP contribution < -0.4 is 0 Å². The third-order valence-corrected chi connectivity index (χ3v) is 10.5. The Bertz CT molecular complexity index is 488. The average molecular weight is 411 g/mol. The second-order valence-corrected chi connectivity index (χ2v) is 11.5. The van der Waals surface area contributed by atoms with Crippen LogP contribution in [-0.4, -0.2) is 16.0 Å². The maximum absolute atomic E-state index is 10.6. The van der Waals surface area contributed by atoms with E-state index in [1.807, 2.05) is 0 Å². The van der Waals surface area contributed by atoms with Gasteiger partial charge in [-0.1, -0.05) is 36.2 Å². The normalized spacial score (nSPS) is 54.1. The third-order valence-electron chi connectivity index (χ3n) is 9.48. The van der Waals surface area contributed by atoms with Crippen molar-refractivity contribution < 1.29 is 5.11 Å². The van der Waals surface area contributed by atoms with Gasteiger partial charge < -0.3 is 5.11 Å². The van der Waals surface area contributed by atoms with E-state index in [0.29, 0.717) is 5.41 Å². The van der Waals surface area contributed by atoms with Crippen LogP contribution in [0.3, 0.4) is 0 Å². The standard InChI is InChI=1S/C23H39BrO/c1-15(14-24)20-5-4-6-21-19-8-7-16-13-22(2,25)11-9-17(16)18(19)10-12-23(20,21)3/h15-21,25H,4-14H2,1-3H3/t15-,16-,17+,18-,19-,20-,21?,22-,23-/m1/s1. The molecule has 0 heterocycles. The SMILES string of the molecule is C[C@H](CBr)[C@H]1CCCC2[C@@H]3CC[C@@H]4C[C@](C)(O)CC[C@@H]4[C@H]3CC[C@@]21C. The third kappa shape index (κ3) is 3.16. The number of hydrogen-bond donors (Lipinski definition) is 1. The van der Waals surface area contributed by atoms with Crippen molar-refractivity contribution in [2.75, 3.05) is 5.33 Å². The van der Waals surface area contributed by atoms with E-state index in [0.717, 1.165) is 54.3 Å². The average Bonchev–Trinajstić information content (AvgIpc) is 2.58. The van der Waals surface area contributed by atoms with Gasteiger partial charge in [0.05, 0.1) is 5.60 Å². The minimum Gasteiger partial charge on any atom is -0.390 e. The summed E-state index contributed by atoms with van der Waals surface area (Å²) in [5.41, 5.74) is 0.220. The summed E-state index contributed by atoms with van der Waals surface area (Å²) in [6.45, 7) is 7.24. The quantitative estimate of drug-likeness (QED) is 0.519.